The Kier molecular flexibility index (Phi) is 8.03. The van der Waals surface area contributed by atoms with Crippen LogP contribution in [0.5, 0.6) is 0 Å². The maximum Gasteiger partial charge on any atom is 0.251 e. The summed E-state index contributed by atoms with van der Waals surface area (Å²) in [5, 5.41) is 5.91. The zero-order valence-corrected chi connectivity index (χ0v) is 17.5. The van der Waals surface area contributed by atoms with Crippen LogP contribution in [0.1, 0.15) is 56.0 Å². The highest BCUT2D eigenvalue weighted by Crippen LogP contribution is 2.22. The Labute approximate surface area is 168 Å². The Hall–Kier alpha value is -2.37. The summed E-state index contributed by atoms with van der Waals surface area (Å²) in [5.74, 6) is 0.109. The molecule has 0 unspecified atom stereocenters. The van der Waals surface area contributed by atoms with Crippen molar-refractivity contribution in [1.29, 1.82) is 0 Å². The molecule has 6 heteroatoms. The first kappa shape index (κ1) is 21.9. The monoisotopic (exact) mass is 387 g/mol. The van der Waals surface area contributed by atoms with E-state index in [1.807, 2.05) is 44.7 Å². The lowest BCUT2D eigenvalue weighted by molar-refractivity contribution is -0.132. The largest absolute Gasteiger partial charge is 0.354 e. The number of nitrogens with one attached hydrogen (secondary N) is 2. The first-order valence-corrected chi connectivity index (χ1v) is 10.2. The van der Waals surface area contributed by atoms with Gasteiger partial charge in [-0.3, -0.25) is 14.4 Å². The SMILES string of the molecule is CCC(=O)N1CCC([C@@H](NC(=O)c2ccc(C)cc2)C(=O)NCC(C)C)CC1. The second-order valence-electron chi connectivity index (χ2n) is 8.03. The zero-order chi connectivity index (χ0) is 20.7. The van der Waals surface area contributed by atoms with Gasteiger partial charge in [0.1, 0.15) is 6.04 Å². The molecule has 1 saturated heterocycles. The Balaban J connectivity index is 2.08. The van der Waals surface area contributed by atoms with Crippen molar-refractivity contribution >= 4 is 17.7 Å². The van der Waals surface area contributed by atoms with E-state index in [4.69, 9.17) is 0 Å². The minimum absolute atomic E-state index is 0.0162. The van der Waals surface area contributed by atoms with E-state index in [9.17, 15) is 14.4 Å². The lowest BCUT2D eigenvalue weighted by atomic mass is 9.88. The van der Waals surface area contributed by atoms with Crippen molar-refractivity contribution in [2.45, 2.75) is 53.0 Å². The average Bonchev–Trinajstić information content (AvgIpc) is 2.70. The molecular formula is C22H33N3O3. The first-order chi connectivity index (χ1) is 13.3. The number of benzene rings is 1. The summed E-state index contributed by atoms with van der Waals surface area (Å²) in [6.45, 7) is 9.73. The minimum Gasteiger partial charge on any atom is -0.354 e. The summed E-state index contributed by atoms with van der Waals surface area (Å²) in [4.78, 5) is 39.3. The molecule has 1 aliphatic heterocycles. The number of piperidine rings is 1. The van der Waals surface area contributed by atoms with E-state index >= 15 is 0 Å². The quantitative estimate of drug-likeness (QED) is 0.755. The van der Waals surface area contributed by atoms with Crippen LogP contribution >= 0.6 is 0 Å². The van der Waals surface area contributed by atoms with Crippen LogP contribution < -0.4 is 10.6 Å². The molecule has 1 aromatic rings. The van der Waals surface area contributed by atoms with Gasteiger partial charge in [-0.2, -0.15) is 0 Å². The summed E-state index contributed by atoms with van der Waals surface area (Å²) in [5.41, 5.74) is 1.63. The van der Waals surface area contributed by atoms with Crippen molar-refractivity contribution in [3.05, 3.63) is 35.4 Å². The van der Waals surface area contributed by atoms with Gasteiger partial charge >= 0.3 is 0 Å². The van der Waals surface area contributed by atoms with Gasteiger partial charge in [-0.25, -0.2) is 0 Å². The number of carbonyl (C=O) groups is 3. The van der Waals surface area contributed by atoms with Crippen LogP contribution in [0.25, 0.3) is 0 Å². The molecule has 0 bridgehead atoms. The van der Waals surface area contributed by atoms with E-state index in [2.05, 4.69) is 10.6 Å². The van der Waals surface area contributed by atoms with Gasteiger partial charge in [0.05, 0.1) is 0 Å². The van der Waals surface area contributed by atoms with Crippen molar-refractivity contribution in [2.75, 3.05) is 19.6 Å². The van der Waals surface area contributed by atoms with E-state index in [1.165, 1.54) is 0 Å². The normalized spacial score (nSPS) is 16.0. The van der Waals surface area contributed by atoms with Crippen LogP contribution in [0, 0.1) is 18.8 Å². The minimum atomic E-state index is -0.591. The highest BCUT2D eigenvalue weighted by molar-refractivity contribution is 5.97. The fourth-order valence-electron chi connectivity index (χ4n) is 3.45. The van der Waals surface area contributed by atoms with Crippen molar-refractivity contribution in [1.82, 2.24) is 15.5 Å². The number of amides is 3. The van der Waals surface area contributed by atoms with Crippen LogP contribution in [-0.2, 0) is 9.59 Å². The maximum atomic E-state index is 12.8. The predicted octanol–water partition coefficient (Wildman–Crippen LogP) is 2.51. The third-order valence-electron chi connectivity index (χ3n) is 5.23. The van der Waals surface area contributed by atoms with Crippen LogP contribution in [0.3, 0.4) is 0 Å². The molecule has 1 heterocycles. The number of rotatable bonds is 7. The molecular weight excluding hydrogens is 354 g/mol. The molecule has 154 valence electrons. The molecule has 0 spiro atoms. The van der Waals surface area contributed by atoms with Gasteiger partial charge in [-0.15, -0.1) is 0 Å². The number of aryl methyl sites for hydroxylation is 1. The second-order valence-corrected chi connectivity index (χ2v) is 8.03. The van der Waals surface area contributed by atoms with Gasteiger partial charge in [0.25, 0.3) is 5.91 Å². The molecule has 0 aliphatic carbocycles. The first-order valence-electron chi connectivity index (χ1n) is 10.2. The highest BCUT2D eigenvalue weighted by Gasteiger charge is 2.33. The molecule has 2 N–H and O–H groups in total. The summed E-state index contributed by atoms with van der Waals surface area (Å²) in [7, 11) is 0. The summed E-state index contributed by atoms with van der Waals surface area (Å²) in [6, 6.07) is 6.73. The Morgan fingerprint density at radius 2 is 1.71 bits per heavy atom. The van der Waals surface area contributed by atoms with Crippen LogP contribution in [0.15, 0.2) is 24.3 Å². The van der Waals surface area contributed by atoms with Crippen LogP contribution in [-0.4, -0.2) is 48.3 Å². The van der Waals surface area contributed by atoms with Crippen molar-refractivity contribution in [2.24, 2.45) is 11.8 Å². The topological polar surface area (TPSA) is 78.5 Å². The smallest absolute Gasteiger partial charge is 0.251 e. The molecule has 1 fully saturated rings. The van der Waals surface area contributed by atoms with Gasteiger partial charge in [0, 0.05) is 31.6 Å². The highest BCUT2D eigenvalue weighted by atomic mass is 16.2. The molecule has 6 nitrogen and oxygen atoms in total. The van der Waals surface area contributed by atoms with Gasteiger partial charge in [-0.1, -0.05) is 38.5 Å². The second kappa shape index (κ2) is 10.2. The number of hydrogen-bond acceptors (Lipinski definition) is 3. The number of carbonyl (C=O) groups excluding carboxylic acids is 3. The molecule has 1 atom stereocenters. The van der Waals surface area contributed by atoms with Gasteiger partial charge < -0.3 is 15.5 Å². The van der Waals surface area contributed by atoms with Crippen molar-refractivity contribution in [3.63, 3.8) is 0 Å². The Morgan fingerprint density at radius 3 is 2.25 bits per heavy atom. The van der Waals surface area contributed by atoms with Gasteiger partial charge in [0.2, 0.25) is 11.8 Å². The standard InChI is InChI=1S/C22H33N3O3/c1-5-19(26)25-12-10-17(11-13-25)20(22(28)23-14-15(2)3)24-21(27)18-8-6-16(4)7-9-18/h6-9,15,17,20H,5,10-14H2,1-4H3,(H,23,28)(H,24,27)/t20-/m1/s1. The van der Waals surface area contributed by atoms with Gasteiger partial charge in [0.15, 0.2) is 0 Å². The summed E-state index contributed by atoms with van der Waals surface area (Å²) < 4.78 is 0. The molecule has 1 aromatic carbocycles. The number of likely N-dealkylation sites (tertiary alicyclic amines) is 1. The average molecular weight is 388 g/mol. The summed E-state index contributed by atoms with van der Waals surface area (Å²) >= 11 is 0. The number of hydrogen-bond donors (Lipinski definition) is 2. The van der Waals surface area contributed by atoms with Gasteiger partial charge in [-0.05, 0) is 43.7 Å². The summed E-state index contributed by atoms with van der Waals surface area (Å²) in [6.07, 6.45) is 1.91. The molecule has 0 aromatic heterocycles. The van der Waals surface area contributed by atoms with Crippen molar-refractivity contribution < 1.29 is 14.4 Å². The number of nitrogens with zero attached hydrogens (tertiary/aromatic N) is 1. The molecule has 28 heavy (non-hydrogen) atoms. The molecule has 3 amide bonds. The Bertz CT molecular complexity index is 677. The lowest BCUT2D eigenvalue weighted by Crippen LogP contribution is -2.54. The predicted molar refractivity (Wildman–Crippen MR) is 110 cm³/mol. The maximum absolute atomic E-state index is 12.8. The molecule has 2 rings (SSSR count). The van der Waals surface area contributed by atoms with E-state index < -0.39 is 6.04 Å². The Morgan fingerprint density at radius 1 is 1.11 bits per heavy atom. The molecule has 0 radical (unpaired) electrons. The fraction of sp³-hybridized carbons (Fsp3) is 0.591. The molecule has 0 saturated carbocycles. The molecule has 1 aliphatic rings. The lowest BCUT2D eigenvalue weighted by Gasteiger charge is -2.35. The van der Waals surface area contributed by atoms with E-state index in [0.717, 1.165) is 5.56 Å². The van der Waals surface area contributed by atoms with E-state index in [-0.39, 0.29) is 23.6 Å². The third kappa shape index (κ3) is 6.08. The zero-order valence-electron chi connectivity index (χ0n) is 17.5. The van der Waals surface area contributed by atoms with E-state index in [0.29, 0.717) is 50.4 Å². The van der Waals surface area contributed by atoms with Crippen molar-refractivity contribution in [3.8, 4) is 0 Å². The van der Waals surface area contributed by atoms with E-state index in [1.54, 1.807) is 12.1 Å². The van der Waals surface area contributed by atoms with Crippen LogP contribution in [0.4, 0.5) is 0 Å². The van der Waals surface area contributed by atoms with Crippen LogP contribution in [0.2, 0.25) is 0 Å². The fourth-order valence-corrected chi connectivity index (χ4v) is 3.45. The third-order valence-corrected chi connectivity index (χ3v) is 5.23.